The molecule has 1 aliphatic carbocycles. The lowest BCUT2D eigenvalue weighted by atomic mass is 10.1. The second-order valence-corrected chi connectivity index (χ2v) is 7.53. The maximum absolute atomic E-state index is 13.0. The van der Waals surface area contributed by atoms with E-state index in [0.29, 0.717) is 6.07 Å². The Morgan fingerprint density at radius 1 is 1.38 bits per heavy atom. The Labute approximate surface area is 138 Å². The van der Waals surface area contributed by atoms with Gasteiger partial charge in [-0.05, 0) is 43.4 Å². The highest BCUT2D eigenvalue weighted by atomic mass is 32.2. The van der Waals surface area contributed by atoms with Crippen LogP contribution < -0.4 is 4.72 Å². The molecule has 0 saturated heterocycles. The van der Waals surface area contributed by atoms with E-state index in [1.165, 1.54) is 14.0 Å². The molecule has 1 fully saturated rings. The average Bonchev–Trinajstić information content (AvgIpc) is 3.29. The van der Waals surface area contributed by atoms with Crippen LogP contribution in [-0.2, 0) is 25.7 Å². The number of esters is 1. The number of carbonyl (C=O) groups excluding carboxylic acids is 1. The number of halogens is 3. The number of nitrogens with one attached hydrogen (secondary N) is 1. The fourth-order valence-corrected chi connectivity index (χ4v) is 3.74. The van der Waals surface area contributed by atoms with Crippen LogP contribution in [0.3, 0.4) is 0 Å². The quantitative estimate of drug-likeness (QED) is 0.787. The van der Waals surface area contributed by atoms with E-state index in [9.17, 15) is 26.4 Å². The molecule has 24 heavy (non-hydrogen) atoms. The van der Waals surface area contributed by atoms with Gasteiger partial charge in [-0.2, -0.15) is 13.2 Å². The van der Waals surface area contributed by atoms with Crippen molar-refractivity contribution in [1.82, 2.24) is 4.72 Å². The first-order valence-electron chi connectivity index (χ1n) is 7.31. The van der Waals surface area contributed by atoms with Gasteiger partial charge < -0.3 is 4.74 Å². The molecule has 2 rings (SSSR count). The summed E-state index contributed by atoms with van der Waals surface area (Å²) in [5.41, 5.74) is -1.06. The first kappa shape index (κ1) is 18.7. The van der Waals surface area contributed by atoms with Gasteiger partial charge in [-0.15, -0.1) is 0 Å². The van der Waals surface area contributed by atoms with Crippen molar-refractivity contribution < 1.29 is 31.1 Å². The van der Waals surface area contributed by atoms with Gasteiger partial charge in [0.2, 0.25) is 10.0 Å². The first-order valence-corrected chi connectivity index (χ1v) is 8.80. The maximum Gasteiger partial charge on any atom is 0.416 e. The van der Waals surface area contributed by atoms with Crippen molar-refractivity contribution in [3.8, 4) is 0 Å². The Bertz CT molecular complexity index is 727. The average molecular weight is 365 g/mol. The van der Waals surface area contributed by atoms with Gasteiger partial charge in [0.1, 0.15) is 0 Å². The summed E-state index contributed by atoms with van der Waals surface area (Å²) >= 11 is 0. The Hall–Kier alpha value is -1.61. The fraction of sp³-hybridized carbons (Fsp3) is 0.533. The van der Waals surface area contributed by atoms with Crippen LogP contribution in [0.15, 0.2) is 23.1 Å². The van der Waals surface area contributed by atoms with Crippen molar-refractivity contribution in [2.75, 3.05) is 7.11 Å². The third-order valence-corrected chi connectivity index (χ3v) is 5.42. The third-order valence-electron chi connectivity index (χ3n) is 3.94. The molecular weight excluding hydrogens is 347 g/mol. The highest BCUT2D eigenvalue weighted by molar-refractivity contribution is 7.89. The van der Waals surface area contributed by atoms with Crippen molar-refractivity contribution in [2.45, 2.75) is 43.3 Å². The summed E-state index contributed by atoms with van der Waals surface area (Å²) in [6, 6.07) is 2.16. The lowest BCUT2D eigenvalue weighted by molar-refractivity contribution is -0.141. The molecule has 1 saturated carbocycles. The van der Waals surface area contributed by atoms with E-state index >= 15 is 0 Å². The number of alkyl halides is 3. The van der Waals surface area contributed by atoms with E-state index in [-0.39, 0.29) is 17.9 Å². The molecule has 1 atom stereocenters. The highest BCUT2D eigenvalue weighted by Crippen LogP contribution is 2.36. The molecule has 0 spiro atoms. The lowest BCUT2D eigenvalue weighted by Crippen LogP contribution is -2.38. The number of benzene rings is 1. The van der Waals surface area contributed by atoms with Gasteiger partial charge in [0.25, 0.3) is 0 Å². The summed E-state index contributed by atoms with van der Waals surface area (Å²) in [6.07, 6.45) is -3.28. The molecule has 1 N–H and O–H groups in total. The maximum atomic E-state index is 13.0. The second-order valence-electron chi connectivity index (χ2n) is 5.82. The minimum atomic E-state index is -4.64. The van der Waals surface area contributed by atoms with E-state index in [2.05, 4.69) is 9.46 Å². The zero-order valence-electron chi connectivity index (χ0n) is 13.2. The Balaban J connectivity index is 2.27. The smallest absolute Gasteiger partial charge is 0.416 e. The largest absolute Gasteiger partial charge is 0.469 e. The minimum absolute atomic E-state index is 0.00795. The number of hydrogen-bond donors (Lipinski definition) is 1. The molecule has 0 heterocycles. The van der Waals surface area contributed by atoms with Gasteiger partial charge in [-0.1, -0.05) is 6.07 Å². The standard InChI is InChI=1S/C15H18F3NO4S/c1-9-3-6-11(7-12(9)15(16,17)18)24(21,22)19-13(10-4-5-10)8-14(20)23-2/h3,6-7,10,13,19H,4-5,8H2,1-2H3/t13-/m1/s1. The summed E-state index contributed by atoms with van der Waals surface area (Å²) in [6.45, 7) is 1.26. The molecule has 1 aliphatic rings. The Kier molecular flexibility index (Phi) is 5.24. The monoisotopic (exact) mass is 365 g/mol. The zero-order chi connectivity index (χ0) is 18.1. The van der Waals surface area contributed by atoms with Gasteiger partial charge in [0.05, 0.1) is 24.0 Å². The van der Waals surface area contributed by atoms with Gasteiger partial charge in [-0.3, -0.25) is 4.79 Å². The van der Waals surface area contributed by atoms with Crippen LogP contribution in [0.1, 0.15) is 30.4 Å². The van der Waals surface area contributed by atoms with Crippen LogP contribution in [0.5, 0.6) is 0 Å². The van der Waals surface area contributed by atoms with E-state index in [0.717, 1.165) is 25.0 Å². The second kappa shape index (κ2) is 6.72. The van der Waals surface area contributed by atoms with Crippen molar-refractivity contribution >= 4 is 16.0 Å². The molecule has 1 aromatic carbocycles. The van der Waals surface area contributed by atoms with Crippen LogP contribution >= 0.6 is 0 Å². The number of methoxy groups -OCH3 is 1. The van der Waals surface area contributed by atoms with Crippen molar-refractivity contribution in [1.29, 1.82) is 0 Å². The molecule has 9 heteroatoms. The van der Waals surface area contributed by atoms with Crippen molar-refractivity contribution in [3.63, 3.8) is 0 Å². The van der Waals surface area contributed by atoms with E-state index in [1.54, 1.807) is 0 Å². The predicted octanol–water partition coefficient (Wildman–Crippen LogP) is 2.63. The summed E-state index contributed by atoms with van der Waals surface area (Å²) in [4.78, 5) is 10.9. The normalized spacial score (nSPS) is 16.7. The number of ether oxygens (including phenoxy) is 1. The zero-order valence-corrected chi connectivity index (χ0v) is 14.0. The summed E-state index contributed by atoms with van der Waals surface area (Å²) in [5.74, 6) is -0.583. The molecule has 134 valence electrons. The van der Waals surface area contributed by atoms with Gasteiger partial charge in [0.15, 0.2) is 0 Å². The van der Waals surface area contributed by atoms with E-state index < -0.39 is 38.7 Å². The highest BCUT2D eigenvalue weighted by Gasteiger charge is 2.37. The molecule has 5 nitrogen and oxygen atoms in total. The molecule has 0 amide bonds. The van der Waals surface area contributed by atoms with Crippen molar-refractivity contribution in [2.24, 2.45) is 5.92 Å². The predicted molar refractivity (Wildman–Crippen MR) is 79.6 cm³/mol. The van der Waals surface area contributed by atoms with Gasteiger partial charge in [0, 0.05) is 6.04 Å². The molecule has 0 bridgehead atoms. The fourth-order valence-electron chi connectivity index (χ4n) is 2.41. The Morgan fingerprint density at radius 2 is 2.00 bits per heavy atom. The SMILES string of the molecule is COC(=O)C[C@@H](NS(=O)(=O)c1ccc(C)c(C(F)(F)F)c1)C1CC1. The molecule has 0 aromatic heterocycles. The van der Waals surface area contributed by atoms with Crippen molar-refractivity contribution in [3.05, 3.63) is 29.3 Å². The minimum Gasteiger partial charge on any atom is -0.469 e. The Morgan fingerprint density at radius 3 is 2.50 bits per heavy atom. The number of aryl methyl sites for hydroxylation is 1. The van der Waals surface area contributed by atoms with Crippen LogP contribution in [0, 0.1) is 12.8 Å². The summed E-state index contributed by atoms with van der Waals surface area (Å²) in [7, 11) is -2.98. The van der Waals surface area contributed by atoms with Crippen LogP contribution in [0.25, 0.3) is 0 Å². The summed E-state index contributed by atoms with van der Waals surface area (Å²) in [5, 5.41) is 0. The van der Waals surface area contributed by atoms with Gasteiger partial charge in [-0.25, -0.2) is 13.1 Å². The molecule has 1 aromatic rings. The van der Waals surface area contributed by atoms with Crippen LogP contribution in [0.2, 0.25) is 0 Å². The first-order chi connectivity index (χ1) is 11.0. The number of hydrogen-bond acceptors (Lipinski definition) is 4. The molecule has 0 unspecified atom stereocenters. The molecule has 0 aliphatic heterocycles. The third kappa shape index (κ3) is 4.47. The van der Waals surface area contributed by atoms with E-state index in [1.807, 2.05) is 0 Å². The van der Waals surface area contributed by atoms with E-state index in [4.69, 9.17) is 0 Å². The summed E-state index contributed by atoms with van der Waals surface area (Å²) < 4.78 is 70.6. The number of rotatable bonds is 6. The van der Waals surface area contributed by atoms with Gasteiger partial charge >= 0.3 is 12.1 Å². The van der Waals surface area contributed by atoms with Crippen LogP contribution in [-0.4, -0.2) is 27.5 Å². The number of carbonyl (C=O) groups is 1. The molecule has 0 radical (unpaired) electrons. The lowest BCUT2D eigenvalue weighted by Gasteiger charge is -2.18. The molecular formula is C15H18F3NO4S. The number of sulfonamides is 1. The topological polar surface area (TPSA) is 72.5 Å². The van der Waals surface area contributed by atoms with Crippen LogP contribution in [0.4, 0.5) is 13.2 Å².